The topological polar surface area (TPSA) is 55.1 Å². The lowest BCUT2D eigenvalue weighted by atomic mass is 9.93. The molecule has 0 spiro atoms. The van der Waals surface area contributed by atoms with Gasteiger partial charge in [0.05, 0.1) is 11.0 Å². The van der Waals surface area contributed by atoms with Crippen molar-refractivity contribution in [2.45, 2.75) is 43.8 Å². The molecule has 0 heterocycles. The third-order valence-corrected chi connectivity index (χ3v) is 3.81. The van der Waals surface area contributed by atoms with Crippen LogP contribution in [0.5, 0.6) is 0 Å². The monoisotopic (exact) mass is 300 g/mol. The van der Waals surface area contributed by atoms with E-state index in [-0.39, 0.29) is 11.9 Å². The lowest BCUT2D eigenvalue weighted by Crippen LogP contribution is -2.37. The van der Waals surface area contributed by atoms with Gasteiger partial charge >= 0.3 is 6.18 Å². The zero-order chi connectivity index (χ0) is 15.7. The number of amides is 1. The zero-order valence-electron chi connectivity index (χ0n) is 11.8. The Morgan fingerprint density at radius 2 is 2.10 bits per heavy atom. The van der Waals surface area contributed by atoms with E-state index in [0.717, 1.165) is 12.1 Å². The SMILES string of the molecule is CC(N)CCNC(=O)C1(c2cccc(C(F)(F)F)c2)CC1. The fourth-order valence-electron chi connectivity index (χ4n) is 2.35. The molecule has 0 aliphatic heterocycles. The Morgan fingerprint density at radius 1 is 1.43 bits per heavy atom. The fourth-order valence-corrected chi connectivity index (χ4v) is 2.35. The van der Waals surface area contributed by atoms with Gasteiger partial charge in [-0.3, -0.25) is 4.79 Å². The van der Waals surface area contributed by atoms with Crippen LogP contribution in [0.4, 0.5) is 13.2 Å². The van der Waals surface area contributed by atoms with Gasteiger partial charge in [0.15, 0.2) is 0 Å². The van der Waals surface area contributed by atoms with Crippen molar-refractivity contribution in [3.63, 3.8) is 0 Å². The average molecular weight is 300 g/mol. The first kappa shape index (κ1) is 15.8. The van der Waals surface area contributed by atoms with Gasteiger partial charge in [-0.2, -0.15) is 13.2 Å². The second-order valence-corrected chi connectivity index (χ2v) is 5.68. The first-order chi connectivity index (χ1) is 9.75. The van der Waals surface area contributed by atoms with Crippen molar-refractivity contribution in [1.82, 2.24) is 5.32 Å². The molecule has 3 N–H and O–H groups in total. The van der Waals surface area contributed by atoms with Crippen LogP contribution in [0.15, 0.2) is 24.3 Å². The lowest BCUT2D eigenvalue weighted by molar-refractivity contribution is -0.137. The molecule has 0 saturated heterocycles. The van der Waals surface area contributed by atoms with Gasteiger partial charge in [0.25, 0.3) is 0 Å². The first-order valence-electron chi connectivity index (χ1n) is 6.97. The van der Waals surface area contributed by atoms with Crippen molar-refractivity contribution in [1.29, 1.82) is 0 Å². The molecule has 1 aliphatic rings. The fraction of sp³-hybridized carbons (Fsp3) is 0.533. The van der Waals surface area contributed by atoms with E-state index in [2.05, 4.69) is 5.32 Å². The number of carbonyl (C=O) groups is 1. The van der Waals surface area contributed by atoms with E-state index in [1.807, 2.05) is 6.92 Å². The van der Waals surface area contributed by atoms with E-state index in [4.69, 9.17) is 5.73 Å². The Labute approximate surface area is 121 Å². The van der Waals surface area contributed by atoms with Gasteiger partial charge in [0.2, 0.25) is 5.91 Å². The van der Waals surface area contributed by atoms with Gasteiger partial charge in [-0.25, -0.2) is 0 Å². The molecule has 1 aromatic carbocycles. The van der Waals surface area contributed by atoms with Crippen molar-refractivity contribution < 1.29 is 18.0 Å². The van der Waals surface area contributed by atoms with Crippen molar-refractivity contribution >= 4 is 5.91 Å². The number of benzene rings is 1. The molecule has 1 unspecified atom stereocenters. The summed E-state index contributed by atoms with van der Waals surface area (Å²) < 4.78 is 38.3. The van der Waals surface area contributed by atoms with Crippen molar-refractivity contribution in [3.05, 3.63) is 35.4 Å². The molecule has 2 rings (SSSR count). The van der Waals surface area contributed by atoms with E-state index < -0.39 is 17.2 Å². The number of hydrogen-bond donors (Lipinski definition) is 2. The minimum absolute atomic E-state index is 0.0194. The third kappa shape index (κ3) is 3.56. The minimum Gasteiger partial charge on any atom is -0.355 e. The van der Waals surface area contributed by atoms with Crippen LogP contribution in [0.25, 0.3) is 0 Å². The Bertz CT molecular complexity index is 522. The smallest absolute Gasteiger partial charge is 0.355 e. The summed E-state index contributed by atoms with van der Waals surface area (Å²) in [5, 5.41) is 2.77. The Hall–Kier alpha value is -1.56. The summed E-state index contributed by atoms with van der Waals surface area (Å²) in [4.78, 5) is 12.2. The van der Waals surface area contributed by atoms with Gasteiger partial charge in [0.1, 0.15) is 0 Å². The van der Waals surface area contributed by atoms with Crippen LogP contribution < -0.4 is 11.1 Å². The normalized spacial score (nSPS) is 18.1. The average Bonchev–Trinajstić information content (AvgIpc) is 3.19. The molecule has 1 amide bonds. The number of hydrogen-bond acceptors (Lipinski definition) is 2. The summed E-state index contributed by atoms with van der Waals surface area (Å²) in [5.41, 5.74) is 4.54. The molecule has 0 aromatic heterocycles. The second-order valence-electron chi connectivity index (χ2n) is 5.68. The number of alkyl halides is 3. The van der Waals surface area contributed by atoms with Gasteiger partial charge in [-0.15, -0.1) is 0 Å². The zero-order valence-corrected chi connectivity index (χ0v) is 11.8. The summed E-state index contributed by atoms with van der Waals surface area (Å²) in [6, 6.07) is 5.03. The number of nitrogens with two attached hydrogens (primary N) is 1. The van der Waals surface area contributed by atoms with Crippen LogP contribution in [0, 0.1) is 0 Å². The third-order valence-electron chi connectivity index (χ3n) is 3.81. The van der Waals surface area contributed by atoms with Crippen LogP contribution in [0.1, 0.15) is 37.3 Å². The summed E-state index contributed by atoms with van der Waals surface area (Å²) in [7, 11) is 0. The molecule has 21 heavy (non-hydrogen) atoms. The highest BCUT2D eigenvalue weighted by Crippen LogP contribution is 2.49. The minimum atomic E-state index is -4.39. The van der Waals surface area contributed by atoms with E-state index in [1.165, 1.54) is 6.07 Å². The molecule has 1 aliphatic carbocycles. The number of carbonyl (C=O) groups excluding carboxylic acids is 1. The van der Waals surface area contributed by atoms with E-state index >= 15 is 0 Å². The predicted octanol–water partition coefficient (Wildman–Crippen LogP) is 2.59. The quantitative estimate of drug-likeness (QED) is 0.878. The summed E-state index contributed by atoms with van der Waals surface area (Å²) in [6.07, 6.45) is -2.58. The standard InChI is InChI=1S/C15H19F3N2O/c1-10(19)5-8-20-13(21)14(6-7-14)11-3-2-4-12(9-11)15(16,17)18/h2-4,9-10H,5-8,19H2,1H3,(H,20,21). The molecule has 1 saturated carbocycles. The van der Waals surface area contributed by atoms with Crippen molar-refractivity contribution in [2.24, 2.45) is 5.73 Å². The van der Waals surface area contributed by atoms with Crippen LogP contribution in [-0.2, 0) is 16.4 Å². The maximum atomic E-state index is 12.8. The molecule has 3 nitrogen and oxygen atoms in total. The molecule has 116 valence electrons. The maximum Gasteiger partial charge on any atom is 0.416 e. The van der Waals surface area contributed by atoms with Crippen molar-refractivity contribution in [2.75, 3.05) is 6.54 Å². The van der Waals surface area contributed by atoms with Gasteiger partial charge < -0.3 is 11.1 Å². The molecule has 1 fully saturated rings. The summed E-state index contributed by atoms with van der Waals surface area (Å²) >= 11 is 0. The van der Waals surface area contributed by atoms with Crippen LogP contribution in [0.3, 0.4) is 0 Å². The Morgan fingerprint density at radius 3 is 2.62 bits per heavy atom. The highest BCUT2D eigenvalue weighted by molar-refractivity contribution is 5.91. The molecular formula is C15H19F3N2O. The van der Waals surface area contributed by atoms with Crippen molar-refractivity contribution in [3.8, 4) is 0 Å². The van der Waals surface area contributed by atoms with E-state index in [9.17, 15) is 18.0 Å². The molecule has 1 aromatic rings. The van der Waals surface area contributed by atoms with Gasteiger partial charge in [-0.1, -0.05) is 18.2 Å². The maximum absolute atomic E-state index is 12.8. The lowest BCUT2D eigenvalue weighted by Gasteiger charge is -2.18. The van der Waals surface area contributed by atoms with E-state index in [1.54, 1.807) is 6.07 Å². The Kier molecular flexibility index (Phi) is 4.27. The first-order valence-corrected chi connectivity index (χ1v) is 6.97. The molecule has 0 radical (unpaired) electrons. The van der Waals surface area contributed by atoms with Crippen LogP contribution in [0.2, 0.25) is 0 Å². The molecule has 6 heteroatoms. The second kappa shape index (κ2) is 5.67. The number of rotatable bonds is 5. The van der Waals surface area contributed by atoms with Crippen LogP contribution >= 0.6 is 0 Å². The van der Waals surface area contributed by atoms with E-state index in [0.29, 0.717) is 31.4 Å². The Balaban J connectivity index is 2.11. The molecule has 0 bridgehead atoms. The highest BCUT2D eigenvalue weighted by atomic mass is 19.4. The van der Waals surface area contributed by atoms with Crippen LogP contribution in [-0.4, -0.2) is 18.5 Å². The van der Waals surface area contributed by atoms with Gasteiger partial charge in [-0.05, 0) is 37.8 Å². The molecular weight excluding hydrogens is 281 g/mol. The number of nitrogens with one attached hydrogen (secondary N) is 1. The summed E-state index contributed by atoms with van der Waals surface area (Å²) in [5.74, 6) is -0.206. The number of halogens is 3. The largest absolute Gasteiger partial charge is 0.416 e. The summed E-state index contributed by atoms with van der Waals surface area (Å²) in [6.45, 7) is 2.28. The molecule has 1 atom stereocenters. The highest BCUT2D eigenvalue weighted by Gasteiger charge is 2.51. The predicted molar refractivity (Wildman–Crippen MR) is 73.6 cm³/mol. The van der Waals surface area contributed by atoms with Gasteiger partial charge in [0, 0.05) is 12.6 Å².